The van der Waals surface area contributed by atoms with Crippen molar-refractivity contribution in [2.24, 2.45) is 0 Å². The van der Waals surface area contributed by atoms with Crippen molar-refractivity contribution in [3.05, 3.63) is 0 Å². The van der Waals surface area contributed by atoms with Crippen LogP contribution in [-0.2, 0) is 9.47 Å². The van der Waals surface area contributed by atoms with Crippen molar-refractivity contribution >= 4 is 11.8 Å². The molecule has 4 heteroatoms. The third kappa shape index (κ3) is 2.67. The van der Waals surface area contributed by atoms with E-state index in [1.807, 2.05) is 18.7 Å². The molecule has 2 saturated heterocycles. The summed E-state index contributed by atoms with van der Waals surface area (Å²) in [7, 11) is 0. The Labute approximate surface area is 95.5 Å². The van der Waals surface area contributed by atoms with Crippen LogP contribution in [0.4, 0.5) is 0 Å². The molecule has 0 aromatic heterocycles. The Morgan fingerprint density at radius 1 is 1.47 bits per heavy atom. The number of hydrogen-bond donors (Lipinski definition) is 1. The van der Waals surface area contributed by atoms with E-state index in [4.69, 9.17) is 14.6 Å². The molecule has 2 fully saturated rings. The van der Waals surface area contributed by atoms with Crippen molar-refractivity contribution in [1.29, 1.82) is 0 Å². The fourth-order valence-corrected chi connectivity index (χ4v) is 3.68. The van der Waals surface area contributed by atoms with Gasteiger partial charge in [-0.1, -0.05) is 6.42 Å². The van der Waals surface area contributed by atoms with Gasteiger partial charge in [0.2, 0.25) is 0 Å². The number of aliphatic hydroxyl groups is 1. The fourth-order valence-electron chi connectivity index (χ4n) is 2.27. The highest BCUT2D eigenvalue weighted by molar-refractivity contribution is 8.00. The first-order chi connectivity index (χ1) is 7.24. The van der Waals surface area contributed by atoms with E-state index in [9.17, 15) is 0 Å². The van der Waals surface area contributed by atoms with E-state index in [2.05, 4.69) is 0 Å². The van der Waals surface area contributed by atoms with Crippen LogP contribution in [0.1, 0.15) is 32.6 Å². The van der Waals surface area contributed by atoms with Gasteiger partial charge in [0, 0.05) is 6.61 Å². The summed E-state index contributed by atoms with van der Waals surface area (Å²) in [5.41, 5.74) is 0. The van der Waals surface area contributed by atoms with Gasteiger partial charge >= 0.3 is 0 Å². The molecule has 0 aliphatic carbocycles. The second-order valence-electron chi connectivity index (χ2n) is 4.43. The van der Waals surface area contributed by atoms with Crippen LogP contribution in [0.3, 0.4) is 0 Å². The van der Waals surface area contributed by atoms with Crippen molar-refractivity contribution < 1.29 is 14.6 Å². The molecular weight excluding hydrogens is 212 g/mol. The first kappa shape index (κ1) is 11.7. The number of ether oxygens (including phenoxy) is 2. The van der Waals surface area contributed by atoms with Crippen molar-refractivity contribution in [1.82, 2.24) is 0 Å². The summed E-state index contributed by atoms with van der Waals surface area (Å²) < 4.78 is 11.7. The molecule has 88 valence electrons. The standard InChI is InChI=1S/C11H20O3S/c1-11(10-4-2-3-7-15-10)13-8-9(14-11)5-6-12/h9-10,12H,2-8H2,1H3. The van der Waals surface area contributed by atoms with Crippen LogP contribution in [-0.4, -0.2) is 41.2 Å². The largest absolute Gasteiger partial charge is 0.396 e. The number of hydrogen-bond acceptors (Lipinski definition) is 4. The Kier molecular flexibility index (Phi) is 3.93. The zero-order valence-corrected chi connectivity index (χ0v) is 10.1. The Balaban J connectivity index is 1.89. The normalized spacial score (nSPS) is 42.0. The van der Waals surface area contributed by atoms with Crippen LogP contribution in [0.5, 0.6) is 0 Å². The van der Waals surface area contributed by atoms with Gasteiger partial charge in [0.25, 0.3) is 0 Å². The molecule has 0 aromatic carbocycles. The topological polar surface area (TPSA) is 38.7 Å². The van der Waals surface area contributed by atoms with E-state index in [1.54, 1.807) is 0 Å². The van der Waals surface area contributed by atoms with Gasteiger partial charge in [-0.25, -0.2) is 0 Å². The molecule has 0 amide bonds. The lowest BCUT2D eigenvalue weighted by Gasteiger charge is -2.34. The van der Waals surface area contributed by atoms with Crippen LogP contribution >= 0.6 is 11.8 Å². The van der Waals surface area contributed by atoms with Gasteiger partial charge in [-0.05, 0) is 31.9 Å². The van der Waals surface area contributed by atoms with Gasteiger partial charge in [0.05, 0.1) is 18.0 Å². The molecule has 0 aromatic rings. The summed E-state index contributed by atoms with van der Waals surface area (Å²) in [6.07, 6.45) is 4.56. The van der Waals surface area contributed by atoms with Gasteiger partial charge in [-0.15, -0.1) is 0 Å². The first-order valence-electron chi connectivity index (χ1n) is 5.79. The van der Waals surface area contributed by atoms with E-state index in [1.165, 1.54) is 25.0 Å². The van der Waals surface area contributed by atoms with Crippen molar-refractivity contribution in [2.75, 3.05) is 19.0 Å². The molecule has 2 rings (SSSR count). The smallest absolute Gasteiger partial charge is 0.177 e. The van der Waals surface area contributed by atoms with E-state index >= 15 is 0 Å². The zero-order chi connectivity index (χ0) is 10.7. The minimum atomic E-state index is -0.412. The molecule has 3 unspecified atom stereocenters. The fraction of sp³-hybridized carbons (Fsp3) is 1.00. The molecule has 15 heavy (non-hydrogen) atoms. The molecule has 0 spiro atoms. The van der Waals surface area contributed by atoms with Crippen LogP contribution in [0.15, 0.2) is 0 Å². The molecule has 0 radical (unpaired) electrons. The van der Waals surface area contributed by atoms with Gasteiger partial charge in [-0.2, -0.15) is 11.8 Å². The second kappa shape index (κ2) is 5.04. The van der Waals surface area contributed by atoms with Gasteiger partial charge < -0.3 is 14.6 Å². The molecule has 2 aliphatic rings. The van der Waals surface area contributed by atoms with Crippen LogP contribution in [0, 0.1) is 0 Å². The average molecular weight is 232 g/mol. The SMILES string of the molecule is CC1(C2CCCCS2)OCC(CCO)O1. The quantitative estimate of drug-likeness (QED) is 0.805. The van der Waals surface area contributed by atoms with Crippen molar-refractivity contribution in [2.45, 2.75) is 49.7 Å². The molecule has 0 saturated carbocycles. The molecule has 2 heterocycles. The lowest BCUT2D eigenvalue weighted by atomic mass is 10.1. The highest BCUT2D eigenvalue weighted by Gasteiger charge is 2.44. The Bertz CT molecular complexity index is 206. The Morgan fingerprint density at radius 3 is 3.00 bits per heavy atom. The molecule has 1 N–H and O–H groups in total. The highest BCUT2D eigenvalue weighted by Crippen LogP contribution is 2.39. The lowest BCUT2D eigenvalue weighted by Crippen LogP contribution is -2.40. The maximum atomic E-state index is 8.87. The maximum Gasteiger partial charge on any atom is 0.177 e. The molecular formula is C11H20O3S. The average Bonchev–Trinajstić information content (AvgIpc) is 2.64. The molecule has 2 aliphatic heterocycles. The minimum absolute atomic E-state index is 0.0857. The van der Waals surface area contributed by atoms with Crippen LogP contribution < -0.4 is 0 Å². The monoisotopic (exact) mass is 232 g/mol. The number of rotatable bonds is 3. The Hall–Kier alpha value is 0.230. The first-order valence-corrected chi connectivity index (χ1v) is 6.84. The van der Waals surface area contributed by atoms with E-state index in [0.29, 0.717) is 18.3 Å². The minimum Gasteiger partial charge on any atom is -0.396 e. The van der Waals surface area contributed by atoms with Gasteiger partial charge in [0.15, 0.2) is 5.79 Å². The second-order valence-corrected chi connectivity index (χ2v) is 5.74. The number of thioether (sulfide) groups is 1. The van der Waals surface area contributed by atoms with E-state index in [0.717, 1.165) is 0 Å². The summed E-state index contributed by atoms with van der Waals surface area (Å²) in [5.74, 6) is 0.808. The third-order valence-electron chi connectivity index (χ3n) is 3.17. The zero-order valence-electron chi connectivity index (χ0n) is 9.28. The predicted octanol–water partition coefficient (Wildman–Crippen LogP) is 1.79. The summed E-state index contributed by atoms with van der Waals surface area (Å²) in [5, 5.41) is 9.33. The summed E-state index contributed by atoms with van der Waals surface area (Å²) >= 11 is 1.97. The summed E-state index contributed by atoms with van der Waals surface area (Å²) in [6.45, 7) is 2.86. The molecule has 3 nitrogen and oxygen atoms in total. The summed E-state index contributed by atoms with van der Waals surface area (Å²) in [4.78, 5) is 0. The van der Waals surface area contributed by atoms with Crippen LogP contribution in [0.2, 0.25) is 0 Å². The number of aliphatic hydroxyl groups excluding tert-OH is 1. The molecule has 0 bridgehead atoms. The Morgan fingerprint density at radius 2 is 2.33 bits per heavy atom. The lowest BCUT2D eigenvalue weighted by molar-refractivity contribution is -0.156. The maximum absolute atomic E-state index is 8.87. The summed E-state index contributed by atoms with van der Waals surface area (Å²) in [6, 6.07) is 0. The van der Waals surface area contributed by atoms with Gasteiger partial charge in [-0.3, -0.25) is 0 Å². The van der Waals surface area contributed by atoms with Crippen molar-refractivity contribution in [3.8, 4) is 0 Å². The van der Waals surface area contributed by atoms with Crippen molar-refractivity contribution in [3.63, 3.8) is 0 Å². The highest BCUT2D eigenvalue weighted by atomic mass is 32.2. The third-order valence-corrected chi connectivity index (χ3v) is 4.76. The van der Waals surface area contributed by atoms with Gasteiger partial charge in [0.1, 0.15) is 0 Å². The van der Waals surface area contributed by atoms with Crippen LogP contribution in [0.25, 0.3) is 0 Å². The van der Waals surface area contributed by atoms with E-state index in [-0.39, 0.29) is 12.7 Å². The van der Waals surface area contributed by atoms with E-state index < -0.39 is 5.79 Å². The predicted molar refractivity (Wildman–Crippen MR) is 61.0 cm³/mol. The molecule has 3 atom stereocenters.